The Kier molecular flexibility index (Phi) is 7.59. The highest BCUT2D eigenvalue weighted by atomic mass is 35.5. The quantitative estimate of drug-likeness (QED) is 0.738. The van der Waals surface area contributed by atoms with E-state index in [9.17, 15) is 9.18 Å². The van der Waals surface area contributed by atoms with Gasteiger partial charge in [0, 0.05) is 40.1 Å². The van der Waals surface area contributed by atoms with Crippen LogP contribution >= 0.6 is 23.4 Å². The zero-order valence-corrected chi connectivity index (χ0v) is 16.9. The molecule has 1 N–H and O–H groups in total. The Morgan fingerprint density at radius 3 is 2.64 bits per heavy atom. The maximum absolute atomic E-state index is 13.9. The van der Waals surface area contributed by atoms with Crippen molar-refractivity contribution in [2.45, 2.75) is 44.9 Å². The predicted molar refractivity (Wildman–Crippen MR) is 105 cm³/mol. The van der Waals surface area contributed by atoms with Crippen LogP contribution in [0.2, 0.25) is 5.02 Å². The summed E-state index contributed by atoms with van der Waals surface area (Å²) in [6, 6.07) is 4.78. The molecule has 0 unspecified atom stereocenters. The van der Waals surface area contributed by atoms with Gasteiger partial charge in [0.15, 0.2) is 0 Å². The Hall–Kier alpha value is -0.780. The van der Waals surface area contributed by atoms with Crippen LogP contribution in [0.15, 0.2) is 18.2 Å². The minimum Gasteiger partial charge on any atom is -0.355 e. The number of carbonyl (C=O) groups is 1. The number of hydrogen-bond acceptors (Lipinski definition) is 3. The van der Waals surface area contributed by atoms with Crippen molar-refractivity contribution in [2.24, 2.45) is 5.92 Å². The fraction of sp³-hybridized carbons (Fsp3) is 0.632. The molecule has 1 heterocycles. The van der Waals surface area contributed by atoms with Crippen LogP contribution in [0, 0.1) is 11.7 Å². The van der Waals surface area contributed by atoms with E-state index in [2.05, 4.69) is 31.0 Å². The second kappa shape index (κ2) is 9.24. The van der Waals surface area contributed by atoms with Crippen molar-refractivity contribution in [1.29, 1.82) is 0 Å². The second-order valence-electron chi connectivity index (χ2n) is 7.50. The summed E-state index contributed by atoms with van der Waals surface area (Å²) in [6.45, 7) is 9.33. The Morgan fingerprint density at radius 2 is 2.04 bits per heavy atom. The van der Waals surface area contributed by atoms with Gasteiger partial charge in [-0.1, -0.05) is 38.4 Å². The summed E-state index contributed by atoms with van der Waals surface area (Å²) < 4.78 is 14.1. The maximum atomic E-state index is 13.9. The van der Waals surface area contributed by atoms with Gasteiger partial charge in [-0.15, -0.1) is 0 Å². The first-order chi connectivity index (χ1) is 11.8. The molecule has 0 spiro atoms. The molecule has 140 valence electrons. The second-order valence-corrected chi connectivity index (χ2v) is 9.83. The molecule has 1 aliphatic rings. The molecule has 0 saturated carbocycles. The molecule has 1 saturated heterocycles. The van der Waals surface area contributed by atoms with Gasteiger partial charge in [0.1, 0.15) is 5.82 Å². The molecule has 1 amide bonds. The third-order valence-electron chi connectivity index (χ3n) is 4.34. The van der Waals surface area contributed by atoms with Crippen LogP contribution in [0.25, 0.3) is 0 Å². The number of likely N-dealkylation sites (tertiary alicyclic amines) is 1. The zero-order chi connectivity index (χ0) is 18.4. The number of halogens is 2. The van der Waals surface area contributed by atoms with Crippen LogP contribution in [0.3, 0.4) is 0 Å². The van der Waals surface area contributed by atoms with Gasteiger partial charge in [0.25, 0.3) is 0 Å². The Balaban J connectivity index is 1.73. The van der Waals surface area contributed by atoms with E-state index in [1.807, 2.05) is 11.8 Å². The Bertz CT molecular complexity index is 563. The SMILES string of the molecule is CC(C)(C)SCCNC(=O)C1CCN(Cc2c(F)cccc2Cl)CC1. The van der Waals surface area contributed by atoms with Crippen molar-refractivity contribution in [3.8, 4) is 0 Å². The van der Waals surface area contributed by atoms with Gasteiger partial charge in [-0.2, -0.15) is 11.8 Å². The average molecular weight is 387 g/mol. The summed E-state index contributed by atoms with van der Waals surface area (Å²) in [5, 5.41) is 3.52. The number of piperidine rings is 1. The number of rotatable bonds is 6. The van der Waals surface area contributed by atoms with E-state index >= 15 is 0 Å². The highest BCUT2D eigenvalue weighted by Gasteiger charge is 2.25. The monoisotopic (exact) mass is 386 g/mol. The summed E-state index contributed by atoms with van der Waals surface area (Å²) in [4.78, 5) is 14.4. The molecule has 0 aromatic heterocycles. The Morgan fingerprint density at radius 1 is 1.36 bits per heavy atom. The van der Waals surface area contributed by atoms with Crippen molar-refractivity contribution < 1.29 is 9.18 Å². The number of hydrogen-bond donors (Lipinski definition) is 1. The van der Waals surface area contributed by atoms with Crippen LogP contribution in [0.5, 0.6) is 0 Å². The standard InChI is InChI=1S/C19H28ClFN2OS/c1-19(2,3)25-12-9-22-18(24)14-7-10-23(11-8-14)13-15-16(20)5-4-6-17(15)21/h4-6,14H,7-13H2,1-3H3,(H,22,24). The van der Waals surface area contributed by atoms with E-state index in [0.717, 1.165) is 31.7 Å². The minimum absolute atomic E-state index is 0.0620. The molecule has 1 aromatic rings. The molecule has 0 aliphatic carbocycles. The lowest BCUT2D eigenvalue weighted by Gasteiger charge is -2.31. The summed E-state index contributed by atoms with van der Waals surface area (Å²) in [7, 11) is 0. The number of benzene rings is 1. The third-order valence-corrected chi connectivity index (χ3v) is 5.97. The van der Waals surface area contributed by atoms with E-state index in [1.54, 1.807) is 12.1 Å². The lowest BCUT2D eigenvalue weighted by Crippen LogP contribution is -2.41. The lowest BCUT2D eigenvalue weighted by molar-refractivity contribution is -0.126. The molecular formula is C19H28ClFN2OS. The highest BCUT2D eigenvalue weighted by molar-refractivity contribution is 8.00. The number of amides is 1. The van der Waals surface area contributed by atoms with Crippen LogP contribution < -0.4 is 5.32 Å². The first kappa shape index (κ1) is 20.5. The molecular weight excluding hydrogens is 359 g/mol. The molecule has 1 aliphatic heterocycles. The topological polar surface area (TPSA) is 32.3 Å². The van der Waals surface area contributed by atoms with Gasteiger partial charge in [0.05, 0.1) is 0 Å². The number of nitrogens with one attached hydrogen (secondary N) is 1. The molecule has 0 radical (unpaired) electrons. The number of nitrogens with zero attached hydrogens (tertiary/aromatic N) is 1. The highest BCUT2D eigenvalue weighted by Crippen LogP contribution is 2.25. The lowest BCUT2D eigenvalue weighted by atomic mass is 9.95. The van der Waals surface area contributed by atoms with Gasteiger partial charge in [-0.05, 0) is 38.1 Å². The fourth-order valence-electron chi connectivity index (χ4n) is 2.94. The summed E-state index contributed by atoms with van der Waals surface area (Å²) in [6.07, 6.45) is 1.62. The zero-order valence-electron chi connectivity index (χ0n) is 15.3. The third kappa shape index (κ3) is 6.80. The Labute approximate surface area is 159 Å². The van der Waals surface area contributed by atoms with Gasteiger partial charge in [0.2, 0.25) is 5.91 Å². The first-order valence-electron chi connectivity index (χ1n) is 8.83. The van der Waals surface area contributed by atoms with Gasteiger partial charge < -0.3 is 5.32 Å². The molecule has 6 heteroatoms. The smallest absolute Gasteiger partial charge is 0.223 e. The largest absolute Gasteiger partial charge is 0.355 e. The summed E-state index contributed by atoms with van der Waals surface area (Å²) in [5.41, 5.74) is 0.547. The predicted octanol–water partition coefficient (Wildman–Crippen LogP) is 4.34. The van der Waals surface area contributed by atoms with E-state index in [0.29, 0.717) is 23.7 Å². The maximum Gasteiger partial charge on any atom is 0.223 e. The van der Waals surface area contributed by atoms with E-state index in [-0.39, 0.29) is 22.4 Å². The molecule has 0 atom stereocenters. The van der Waals surface area contributed by atoms with Gasteiger partial charge >= 0.3 is 0 Å². The van der Waals surface area contributed by atoms with Crippen LogP contribution in [-0.2, 0) is 11.3 Å². The molecule has 2 rings (SSSR count). The van der Waals surface area contributed by atoms with Crippen molar-refractivity contribution in [3.05, 3.63) is 34.6 Å². The first-order valence-corrected chi connectivity index (χ1v) is 10.2. The number of carbonyl (C=O) groups excluding carboxylic acids is 1. The minimum atomic E-state index is -0.260. The van der Waals surface area contributed by atoms with Crippen LogP contribution in [-0.4, -0.2) is 40.9 Å². The van der Waals surface area contributed by atoms with Crippen molar-refractivity contribution in [2.75, 3.05) is 25.4 Å². The molecule has 0 bridgehead atoms. The van der Waals surface area contributed by atoms with E-state index in [4.69, 9.17) is 11.6 Å². The van der Waals surface area contributed by atoms with Gasteiger partial charge in [-0.25, -0.2) is 4.39 Å². The van der Waals surface area contributed by atoms with Crippen molar-refractivity contribution in [3.63, 3.8) is 0 Å². The van der Waals surface area contributed by atoms with E-state index in [1.165, 1.54) is 6.07 Å². The van der Waals surface area contributed by atoms with Crippen molar-refractivity contribution in [1.82, 2.24) is 10.2 Å². The van der Waals surface area contributed by atoms with E-state index < -0.39 is 0 Å². The number of thioether (sulfide) groups is 1. The normalized spacial score (nSPS) is 16.8. The summed E-state index contributed by atoms with van der Waals surface area (Å²) in [5.74, 6) is 0.883. The molecule has 1 aromatic carbocycles. The molecule has 3 nitrogen and oxygen atoms in total. The average Bonchev–Trinajstić information content (AvgIpc) is 2.55. The molecule has 1 fully saturated rings. The summed E-state index contributed by atoms with van der Waals surface area (Å²) >= 11 is 7.95. The van der Waals surface area contributed by atoms with Gasteiger partial charge in [-0.3, -0.25) is 9.69 Å². The van der Waals surface area contributed by atoms with Crippen LogP contribution in [0.4, 0.5) is 4.39 Å². The molecule has 25 heavy (non-hydrogen) atoms. The fourth-order valence-corrected chi connectivity index (χ4v) is 3.98. The van der Waals surface area contributed by atoms with Crippen LogP contribution in [0.1, 0.15) is 39.2 Å². The van der Waals surface area contributed by atoms with Crippen molar-refractivity contribution >= 4 is 29.3 Å².